The lowest BCUT2D eigenvalue weighted by Crippen LogP contribution is -2.20. The van der Waals surface area contributed by atoms with Gasteiger partial charge in [-0.1, -0.05) is 18.2 Å². The smallest absolute Gasteiger partial charge is 0.262 e. The van der Waals surface area contributed by atoms with Crippen molar-refractivity contribution in [2.45, 2.75) is 13.8 Å². The highest BCUT2D eigenvalue weighted by molar-refractivity contribution is 9.10. The number of carbonyl (C=O) groups excluding carboxylic acids is 1. The van der Waals surface area contributed by atoms with E-state index in [1.165, 1.54) is 0 Å². The molecule has 0 bridgehead atoms. The van der Waals surface area contributed by atoms with Gasteiger partial charge in [-0.15, -0.1) is 0 Å². The van der Waals surface area contributed by atoms with E-state index in [1.54, 1.807) is 6.21 Å². The van der Waals surface area contributed by atoms with Crippen molar-refractivity contribution in [1.82, 2.24) is 0 Å². The van der Waals surface area contributed by atoms with Crippen LogP contribution in [0, 0.1) is 0 Å². The van der Waals surface area contributed by atoms with Crippen molar-refractivity contribution < 1.29 is 19.0 Å². The van der Waals surface area contributed by atoms with Gasteiger partial charge in [-0.2, -0.15) is 0 Å². The average Bonchev–Trinajstić information content (AvgIpc) is 2.79. The molecule has 0 saturated heterocycles. The van der Waals surface area contributed by atoms with Crippen molar-refractivity contribution in [1.29, 1.82) is 0 Å². The second kappa shape index (κ2) is 11.9. The Morgan fingerprint density at radius 2 is 1.69 bits per heavy atom. The van der Waals surface area contributed by atoms with E-state index in [-0.39, 0.29) is 12.5 Å². The molecule has 166 valence electrons. The highest BCUT2D eigenvalue weighted by Crippen LogP contribution is 2.36. The number of rotatable bonds is 10. The quantitative estimate of drug-likeness (QED) is 0.348. The number of hydrogen-bond donors (Lipinski definition) is 1. The predicted octanol–water partition coefficient (Wildman–Crippen LogP) is 6.01. The second-order valence-corrected chi connectivity index (χ2v) is 7.51. The van der Waals surface area contributed by atoms with Gasteiger partial charge in [-0.3, -0.25) is 9.79 Å². The molecule has 0 aliphatic heterocycles. The van der Waals surface area contributed by atoms with Gasteiger partial charge >= 0.3 is 0 Å². The van der Waals surface area contributed by atoms with E-state index in [2.05, 4.69) is 26.2 Å². The molecule has 0 aliphatic carbocycles. The van der Waals surface area contributed by atoms with Crippen LogP contribution in [0.5, 0.6) is 17.2 Å². The van der Waals surface area contributed by atoms with Gasteiger partial charge in [0.2, 0.25) is 0 Å². The van der Waals surface area contributed by atoms with Gasteiger partial charge in [0, 0.05) is 11.9 Å². The van der Waals surface area contributed by atoms with E-state index in [4.69, 9.17) is 14.2 Å². The Labute approximate surface area is 196 Å². The number of hydrogen-bond acceptors (Lipinski definition) is 5. The SMILES string of the molecule is CCOc1ccc(N=Cc2cc(Br)c(OCC(=O)Nc3ccccc3)c(OCC)c2)cc1. The number of benzene rings is 3. The molecule has 6 nitrogen and oxygen atoms in total. The minimum Gasteiger partial charge on any atom is -0.494 e. The first-order valence-corrected chi connectivity index (χ1v) is 11.1. The number of carbonyl (C=O) groups is 1. The summed E-state index contributed by atoms with van der Waals surface area (Å²) in [5.41, 5.74) is 2.35. The van der Waals surface area contributed by atoms with Crippen molar-refractivity contribution in [3.8, 4) is 17.2 Å². The maximum atomic E-state index is 12.2. The summed E-state index contributed by atoms with van der Waals surface area (Å²) in [6.07, 6.45) is 1.74. The van der Waals surface area contributed by atoms with E-state index in [1.807, 2.05) is 80.6 Å². The Balaban J connectivity index is 1.70. The summed E-state index contributed by atoms with van der Waals surface area (Å²) >= 11 is 3.52. The summed E-state index contributed by atoms with van der Waals surface area (Å²) in [6, 6.07) is 20.5. The van der Waals surface area contributed by atoms with Crippen LogP contribution in [0.2, 0.25) is 0 Å². The van der Waals surface area contributed by atoms with Crippen LogP contribution in [-0.4, -0.2) is 31.9 Å². The standard InChI is InChI=1S/C25H25BrN2O4/c1-3-30-21-12-10-19(11-13-21)27-16-18-14-22(26)25(23(15-18)31-4-2)32-17-24(29)28-20-8-6-5-7-9-20/h5-16H,3-4,17H2,1-2H3,(H,28,29). The molecule has 3 rings (SSSR count). The molecular formula is C25H25BrN2O4. The van der Waals surface area contributed by atoms with Gasteiger partial charge in [0.15, 0.2) is 18.1 Å². The molecule has 1 amide bonds. The monoisotopic (exact) mass is 496 g/mol. The first kappa shape index (κ1) is 23.3. The minimum absolute atomic E-state index is 0.146. The molecule has 0 unspecified atom stereocenters. The van der Waals surface area contributed by atoms with Crippen molar-refractivity contribution in [2.24, 2.45) is 4.99 Å². The van der Waals surface area contributed by atoms with Gasteiger partial charge in [-0.25, -0.2) is 0 Å². The lowest BCUT2D eigenvalue weighted by Gasteiger charge is -2.14. The lowest BCUT2D eigenvalue weighted by molar-refractivity contribution is -0.118. The molecule has 0 aliphatic rings. The number of nitrogens with one attached hydrogen (secondary N) is 1. The van der Waals surface area contributed by atoms with Crippen LogP contribution < -0.4 is 19.5 Å². The van der Waals surface area contributed by atoms with E-state index in [0.29, 0.717) is 34.9 Å². The summed E-state index contributed by atoms with van der Waals surface area (Å²) in [5, 5.41) is 2.79. The maximum Gasteiger partial charge on any atom is 0.262 e. The fourth-order valence-electron chi connectivity index (χ4n) is 2.87. The zero-order chi connectivity index (χ0) is 22.8. The molecule has 3 aromatic carbocycles. The van der Waals surface area contributed by atoms with Gasteiger partial charge in [0.25, 0.3) is 5.91 Å². The molecule has 1 N–H and O–H groups in total. The highest BCUT2D eigenvalue weighted by atomic mass is 79.9. The van der Waals surface area contributed by atoms with Crippen molar-refractivity contribution in [3.63, 3.8) is 0 Å². The Morgan fingerprint density at radius 1 is 0.969 bits per heavy atom. The van der Waals surface area contributed by atoms with Crippen LogP contribution in [0.4, 0.5) is 11.4 Å². The molecular weight excluding hydrogens is 472 g/mol. The predicted molar refractivity (Wildman–Crippen MR) is 131 cm³/mol. The minimum atomic E-state index is -0.258. The number of halogens is 1. The lowest BCUT2D eigenvalue weighted by atomic mass is 10.2. The largest absolute Gasteiger partial charge is 0.494 e. The fourth-order valence-corrected chi connectivity index (χ4v) is 3.44. The number of anilines is 1. The summed E-state index contributed by atoms with van der Waals surface area (Å²) in [6.45, 7) is 4.77. The van der Waals surface area contributed by atoms with Crippen LogP contribution in [0.15, 0.2) is 76.2 Å². The topological polar surface area (TPSA) is 69.2 Å². The average molecular weight is 497 g/mol. The third-order valence-corrected chi connectivity index (χ3v) is 4.84. The maximum absolute atomic E-state index is 12.2. The van der Waals surface area contributed by atoms with Crippen LogP contribution in [0.1, 0.15) is 19.4 Å². The number of amides is 1. The number of aliphatic imine (C=N–C) groups is 1. The normalized spacial score (nSPS) is 10.7. The Morgan fingerprint density at radius 3 is 2.38 bits per heavy atom. The van der Waals surface area contributed by atoms with Crippen molar-refractivity contribution in [3.05, 3.63) is 76.8 Å². The van der Waals surface area contributed by atoms with Crippen molar-refractivity contribution >= 4 is 39.4 Å². The third-order valence-electron chi connectivity index (χ3n) is 4.25. The molecule has 3 aromatic rings. The summed E-state index contributed by atoms with van der Waals surface area (Å²) < 4.78 is 17.6. The number of ether oxygens (including phenoxy) is 3. The van der Waals surface area contributed by atoms with E-state index < -0.39 is 0 Å². The van der Waals surface area contributed by atoms with E-state index >= 15 is 0 Å². The number of para-hydroxylation sites is 1. The number of nitrogens with zero attached hydrogens (tertiary/aromatic N) is 1. The van der Waals surface area contributed by atoms with Crippen LogP contribution in [0.3, 0.4) is 0 Å². The molecule has 0 atom stereocenters. The Hall–Kier alpha value is -3.32. The molecule has 0 radical (unpaired) electrons. The van der Waals surface area contributed by atoms with Crippen LogP contribution in [-0.2, 0) is 4.79 Å². The fraction of sp³-hybridized carbons (Fsp3) is 0.200. The molecule has 7 heteroatoms. The molecule has 0 spiro atoms. The second-order valence-electron chi connectivity index (χ2n) is 6.65. The van der Waals surface area contributed by atoms with E-state index in [9.17, 15) is 4.79 Å². The third kappa shape index (κ3) is 6.85. The molecule has 0 heterocycles. The van der Waals surface area contributed by atoms with Crippen LogP contribution in [0.25, 0.3) is 0 Å². The highest BCUT2D eigenvalue weighted by Gasteiger charge is 2.14. The zero-order valence-electron chi connectivity index (χ0n) is 18.0. The van der Waals surface area contributed by atoms with Gasteiger partial charge < -0.3 is 19.5 Å². The Bertz CT molecular complexity index is 1050. The van der Waals surface area contributed by atoms with Gasteiger partial charge in [0.05, 0.1) is 23.4 Å². The van der Waals surface area contributed by atoms with E-state index in [0.717, 1.165) is 17.0 Å². The summed E-state index contributed by atoms with van der Waals surface area (Å²) in [4.78, 5) is 16.7. The molecule has 0 saturated carbocycles. The first-order chi connectivity index (χ1) is 15.6. The first-order valence-electron chi connectivity index (χ1n) is 10.3. The Kier molecular flexibility index (Phi) is 8.69. The molecule has 0 aromatic heterocycles. The van der Waals surface area contributed by atoms with Gasteiger partial charge in [0.1, 0.15) is 5.75 Å². The van der Waals surface area contributed by atoms with Gasteiger partial charge in [-0.05, 0) is 83.9 Å². The summed E-state index contributed by atoms with van der Waals surface area (Å²) in [5.74, 6) is 1.55. The molecule has 32 heavy (non-hydrogen) atoms. The van der Waals surface area contributed by atoms with Crippen LogP contribution >= 0.6 is 15.9 Å². The summed E-state index contributed by atoms with van der Waals surface area (Å²) in [7, 11) is 0. The van der Waals surface area contributed by atoms with Crippen molar-refractivity contribution in [2.75, 3.05) is 25.1 Å². The zero-order valence-corrected chi connectivity index (χ0v) is 19.6. The molecule has 0 fully saturated rings.